The van der Waals surface area contributed by atoms with Crippen LogP contribution in [-0.4, -0.2) is 15.0 Å². The lowest BCUT2D eigenvalue weighted by Gasteiger charge is -2.09. The summed E-state index contributed by atoms with van der Waals surface area (Å²) >= 11 is 0. The molecular formula is C12H16N2O2S. The first kappa shape index (κ1) is 13.7. The van der Waals surface area contributed by atoms with Crippen molar-refractivity contribution in [1.29, 1.82) is 5.26 Å². The molecule has 0 amide bonds. The number of nitrogens with zero attached hydrogens (tertiary/aromatic N) is 1. The van der Waals surface area contributed by atoms with Crippen LogP contribution in [0.4, 0.5) is 0 Å². The Kier molecular flexibility index (Phi) is 4.67. The zero-order valence-electron chi connectivity index (χ0n) is 9.97. The summed E-state index contributed by atoms with van der Waals surface area (Å²) in [6, 6.07) is 8.07. The Labute approximate surface area is 102 Å². The third-order valence-electron chi connectivity index (χ3n) is 2.31. The molecule has 0 spiro atoms. The van der Waals surface area contributed by atoms with Crippen molar-refractivity contribution in [3.63, 3.8) is 0 Å². The highest BCUT2D eigenvalue weighted by Crippen LogP contribution is 2.14. The molecule has 0 aliphatic heterocycles. The topological polar surface area (TPSA) is 70.0 Å². The van der Waals surface area contributed by atoms with Gasteiger partial charge in [-0.1, -0.05) is 26.0 Å². The standard InChI is InChI=1S/C12H16N2O2S/c1-10(2)7-8-14-17(15,16)12-6-4-3-5-11(12)9-13/h3-6,10,14H,7-8H2,1-2H3. The number of nitrogens with one attached hydrogen (secondary N) is 1. The molecule has 4 nitrogen and oxygen atoms in total. The van der Waals surface area contributed by atoms with Gasteiger partial charge in [0.1, 0.15) is 6.07 Å². The molecule has 0 heterocycles. The van der Waals surface area contributed by atoms with Crippen LogP contribution in [0.3, 0.4) is 0 Å². The highest BCUT2D eigenvalue weighted by atomic mass is 32.2. The number of nitriles is 1. The number of rotatable bonds is 5. The van der Waals surface area contributed by atoms with Crippen molar-refractivity contribution in [2.75, 3.05) is 6.54 Å². The van der Waals surface area contributed by atoms with Gasteiger partial charge in [-0.15, -0.1) is 0 Å². The van der Waals surface area contributed by atoms with E-state index >= 15 is 0 Å². The fourth-order valence-corrected chi connectivity index (χ4v) is 2.56. The summed E-state index contributed by atoms with van der Waals surface area (Å²) < 4.78 is 26.4. The Bertz CT molecular complexity index is 516. The zero-order chi connectivity index (χ0) is 12.9. The molecule has 0 atom stereocenters. The van der Waals surface area contributed by atoms with Gasteiger partial charge in [0.2, 0.25) is 10.0 Å². The van der Waals surface area contributed by atoms with Gasteiger partial charge in [-0.3, -0.25) is 0 Å². The molecule has 0 saturated heterocycles. The minimum atomic E-state index is -3.57. The fraction of sp³-hybridized carbons (Fsp3) is 0.417. The second-order valence-electron chi connectivity index (χ2n) is 4.19. The maximum Gasteiger partial charge on any atom is 0.241 e. The second kappa shape index (κ2) is 5.80. The second-order valence-corrected chi connectivity index (χ2v) is 5.92. The van der Waals surface area contributed by atoms with E-state index in [1.807, 2.05) is 19.9 Å². The quantitative estimate of drug-likeness (QED) is 0.869. The SMILES string of the molecule is CC(C)CCNS(=O)(=O)c1ccccc1C#N. The maximum atomic E-state index is 11.9. The summed E-state index contributed by atoms with van der Waals surface area (Å²) in [5.41, 5.74) is 0.171. The van der Waals surface area contributed by atoms with Gasteiger partial charge in [-0.25, -0.2) is 13.1 Å². The van der Waals surface area contributed by atoms with Crippen molar-refractivity contribution in [2.45, 2.75) is 25.2 Å². The summed E-state index contributed by atoms with van der Waals surface area (Å²) in [5.74, 6) is 0.434. The Morgan fingerprint density at radius 1 is 1.35 bits per heavy atom. The van der Waals surface area contributed by atoms with Crippen LogP contribution >= 0.6 is 0 Å². The average Bonchev–Trinajstić information content (AvgIpc) is 2.28. The lowest BCUT2D eigenvalue weighted by molar-refractivity contribution is 0.551. The predicted octanol–water partition coefficient (Wildman–Crippen LogP) is 1.88. The van der Waals surface area contributed by atoms with Crippen LogP contribution in [0.2, 0.25) is 0 Å². The van der Waals surface area contributed by atoms with E-state index in [0.717, 1.165) is 6.42 Å². The van der Waals surface area contributed by atoms with Crippen LogP contribution < -0.4 is 4.72 Å². The number of benzene rings is 1. The minimum Gasteiger partial charge on any atom is -0.211 e. The van der Waals surface area contributed by atoms with Gasteiger partial charge in [-0.2, -0.15) is 5.26 Å². The summed E-state index contributed by atoms with van der Waals surface area (Å²) in [5, 5.41) is 8.85. The molecule has 5 heteroatoms. The highest BCUT2D eigenvalue weighted by molar-refractivity contribution is 7.89. The van der Waals surface area contributed by atoms with Gasteiger partial charge in [0.25, 0.3) is 0 Å². The van der Waals surface area contributed by atoms with Crippen LogP contribution in [0.5, 0.6) is 0 Å². The summed E-state index contributed by atoms with van der Waals surface area (Å²) in [6.07, 6.45) is 0.772. The largest absolute Gasteiger partial charge is 0.241 e. The predicted molar refractivity (Wildman–Crippen MR) is 65.8 cm³/mol. The molecule has 17 heavy (non-hydrogen) atoms. The van der Waals surface area contributed by atoms with Crippen molar-refractivity contribution >= 4 is 10.0 Å². The van der Waals surface area contributed by atoms with Crippen LogP contribution in [0.1, 0.15) is 25.8 Å². The molecule has 0 unspecified atom stereocenters. The van der Waals surface area contributed by atoms with E-state index in [2.05, 4.69) is 4.72 Å². The van der Waals surface area contributed by atoms with Gasteiger partial charge in [0.05, 0.1) is 10.5 Å². The van der Waals surface area contributed by atoms with E-state index in [9.17, 15) is 8.42 Å². The van der Waals surface area contributed by atoms with Gasteiger partial charge in [-0.05, 0) is 24.5 Å². The Balaban J connectivity index is 2.87. The smallest absolute Gasteiger partial charge is 0.211 e. The monoisotopic (exact) mass is 252 g/mol. The molecule has 0 saturated carbocycles. The first-order chi connectivity index (χ1) is 7.97. The molecule has 0 fully saturated rings. The maximum absolute atomic E-state index is 11.9. The molecule has 1 rings (SSSR count). The van der Waals surface area contributed by atoms with Crippen LogP contribution in [0.25, 0.3) is 0 Å². The van der Waals surface area contributed by atoms with E-state index in [0.29, 0.717) is 12.5 Å². The average molecular weight is 252 g/mol. The molecule has 0 aliphatic rings. The van der Waals surface area contributed by atoms with E-state index in [-0.39, 0.29) is 10.5 Å². The summed E-state index contributed by atoms with van der Waals surface area (Å²) in [6.45, 7) is 4.44. The lowest BCUT2D eigenvalue weighted by Crippen LogP contribution is -2.26. The molecule has 1 N–H and O–H groups in total. The molecule has 92 valence electrons. The Hall–Kier alpha value is -1.38. The van der Waals surface area contributed by atoms with Gasteiger partial charge in [0, 0.05) is 6.54 Å². The molecule has 0 radical (unpaired) electrons. The Morgan fingerprint density at radius 3 is 2.59 bits per heavy atom. The fourth-order valence-electron chi connectivity index (χ4n) is 1.35. The summed E-state index contributed by atoms with van der Waals surface area (Å²) in [7, 11) is -3.57. The summed E-state index contributed by atoms with van der Waals surface area (Å²) in [4.78, 5) is 0.0475. The van der Waals surface area contributed by atoms with Crippen molar-refractivity contribution in [3.05, 3.63) is 29.8 Å². The first-order valence-electron chi connectivity index (χ1n) is 5.46. The van der Waals surface area contributed by atoms with E-state index < -0.39 is 10.0 Å². The van der Waals surface area contributed by atoms with Crippen molar-refractivity contribution in [1.82, 2.24) is 4.72 Å². The van der Waals surface area contributed by atoms with Crippen molar-refractivity contribution in [2.24, 2.45) is 5.92 Å². The number of hydrogen-bond acceptors (Lipinski definition) is 3. The van der Waals surface area contributed by atoms with Gasteiger partial charge >= 0.3 is 0 Å². The first-order valence-corrected chi connectivity index (χ1v) is 6.94. The van der Waals surface area contributed by atoms with Crippen molar-refractivity contribution in [3.8, 4) is 6.07 Å². The van der Waals surface area contributed by atoms with E-state index in [1.54, 1.807) is 12.1 Å². The minimum absolute atomic E-state index is 0.0475. The van der Waals surface area contributed by atoms with E-state index in [1.165, 1.54) is 12.1 Å². The van der Waals surface area contributed by atoms with Crippen LogP contribution in [-0.2, 0) is 10.0 Å². The molecule has 0 bridgehead atoms. The molecule has 1 aromatic rings. The highest BCUT2D eigenvalue weighted by Gasteiger charge is 2.17. The number of hydrogen-bond donors (Lipinski definition) is 1. The Morgan fingerprint density at radius 2 is 2.00 bits per heavy atom. The molecule has 1 aromatic carbocycles. The van der Waals surface area contributed by atoms with Gasteiger partial charge in [0.15, 0.2) is 0 Å². The van der Waals surface area contributed by atoms with Gasteiger partial charge < -0.3 is 0 Å². The normalized spacial score (nSPS) is 11.4. The molecule has 0 aromatic heterocycles. The molecular weight excluding hydrogens is 236 g/mol. The third-order valence-corrected chi connectivity index (χ3v) is 3.83. The lowest BCUT2D eigenvalue weighted by atomic mass is 10.1. The van der Waals surface area contributed by atoms with E-state index in [4.69, 9.17) is 5.26 Å². The van der Waals surface area contributed by atoms with Crippen LogP contribution in [0, 0.1) is 17.2 Å². The number of sulfonamides is 1. The van der Waals surface area contributed by atoms with Crippen molar-refractivity contribution < 1.29 is 8.42 Å². The third kappa shape index (κ3) is 3.84. The molecule has 0 aliphatic carbocycles. The zero-order valence-corrected chi connectivity index (χ0v) is 10.8. The van der Waals surface area contributed by atoms with Crippen LogP contribution in [0.15, 0.2) is 29.2 Å².